The number of rotatable bonds is 3. The van der Waals surface area contributed by atoms with Gasteiger partial charge in [-0.05, 0) is 89.6 Å². The van der Waals surface area contributed by atoms with E-state index in [-0.39, 0.29) is 29.7 Å². The fourth-order valence-electron chi connectivity index (χ4n) is 9.82. The Morgan fingerprint density at radius 1 is 0.717 bits per heavy atom. The molecule has 1 N–H and O–H groups in total. The highest BCUT2D eigenvalue weighted by atomic mass is 16.2. The first-order chi connectivity index (χ1) is 22.5. The number of benzene rings is 3. The highest BCUT2D eigenvalue weighted by molar-refractivity contribution is 6.29. The zero-order valence-corrected chi connectivity index (χ0v) is 25.9. The van der Waals surface area contributed by atoms with Crippen LogP contribution in [-0.4, -0.2) is 65.6 Å². The molecule has 3 fully saturated rings. The van der Waals surface area contributed by atoms with Gasteiger partial charge in [0.15, 0.2) is 0 Å². The third-order valence-electron chi connectivity index (χ3n) is 11.9. The van der Waals surface area contributed by atoms with Crippen LogP contribution in [0, 0.1) is 0 Å². The summed E-state index contributed by atoms with van der Waals surface area (Å²) in [5, 5.41) is 6.61. The number of hydrogen-bond donors (Lipinski definition) is 1. The monoisotopic (exact) mass is 612 g/mol. The van der Waals surface area contributed by atoms with Crippen molar-refractivity contribution < 1.29 is 19.2 Å². The first kappa shape index (κ1) is 26.7. The molecule has 4 aliphatic heterocycles. The molecule has 0 spiro atoms. The van der Waals surface area contributed by atoms with Gasteiger partial charge in [0.25, 0.3) is 11.8 Å². The maximum absolute atomic E-state index is 14.6. The summed E-state index contributed by atoms with van der Waals surface area (Å²) >= 11 is 0. The molecule has 46 heavy (non-hydrogen) atoms. The van der Waals surface area contributed by atoms with Gasteiger partial charge in [-0.25, -0.2) is 0 Å². The summed E-state index contributed by atoms with van der Waals surface area (Å²) < 4.78 is 0. The summed E-state index contributed by atoms with van der Waals surface area (Å²) in [5.74, 6) is -1.94. The first-order valence-corrected chi connectivity index (χ1v) is 17.3. The van der Waals surface area contributed by atoms with E-state index in [4.69, 9.17) is 0 Å². The average molecular weight is 613 g/mol. The van der Waals surface area contributed by atoms with Crippen molar-refractivity contribution in [1.29, 1.82) is 0 Å². The Morgan fingerprint density at radius 3 is 2.20 bits per heavy atom. The van der Waals surface area contributed by atoms with Crippen molar-refractivity contribution >= 4 is 62.6 Å². The van der Waals surface area contributed by atoms with E-state index in [1.165, 1.54) is 0 Å². The highest BCUT2D eigenvalue weighted by Gasteiger charge is 2.47. The molecule has 1 saturated carbocycles. The van der Waals surface area contributed by atoms with Crippen LogP contribution in [0.2, 0.25) is 0 Å². The summed E-state index contributed by atoms with van der Waals surface area (Å²) in [6, 6.07) is 6.01. The number of amides is 4. The number of carbonyl (C=O) groups excluding carboxylic acids is 4. The molecule has 4 amide bonds. The average Bonchev–Trinajstić information content (AvgIpc) is 3.81. The van der Waals surface area contributed by atoms with Crippen molar-refractivity contribution in [1.82, 2.24) is 15.1 Å². The number of hydrogen-bond acceptors (Lipinski definition) is 6. The van der Waals surface area contributed by atoms with Crippen molar-refractivity contribution in [3.63, 3.8) is 0 Å². The van der Waals surface area contributed by atoms with Crippen molar-refractivity contribution in [2.45, 2.75) is 75.7 Å². The second-order valence-electron chi connectivity index (χ2n) is 14.2. The SMILES string of the molecule is O=C1NC(=O)C2C=Cc3c4c5c6c(ccc5c5c(N7CCCC7)cc1c2c35)C(=O)N(C1CCCCC1)C(=O)C6C=C4N1CCCC1. The van der Waals surface area contributed by atoms with Crippen molar-refractivity contribution in [3.8, 4) is 0 Å². The van der Waals surface area contributed by atoms with Crippen molar-refractivity contribution in [3.05, 3.63) is 63.7 Å². The van der Waals surface area contributed by atoms with Gasteiger partial charge in [-0.3, -0.25) is 29.4 Å². The molecule has 0 aromatic heterocycles. The second-order valence-corrected chi connectivity index (χ2v) is 14.2. The molecular weight excluding hydrogens is 576 g/mol. The Balaban J connectivity index is 1.34. The fourth-order valence-corrected chi connectivity index (χ4v) is 9.82. The van der Waals surface area contributed by atoms with Gasteiger partial charge in [-0.15, -0.1) is 0 Å². The molecule has 2 unspecified atom stereocenters. The van der Waals surface area contributed by atoms with E-state index in [1.54, 1.807) is 4.90 Å². The van der Waals surface area contributed by atoms with E-state index in [1.807, 2.05) is 18.2 Å². The van der Waals surface area contributed by atoms with Crippen LogP contribution in [0.1, 0.15) is 113 Å². The van der Waals surface area contributed by atoms with Crippen LogP contribution in [0.15, 0.2) is 30.4 Å². The van der Waals surface area contributed by atoms with Gasteiger partial charge in [-0.2, -0.15) is 0 Å². The van der Waals surface area contributed by atoms with E-state index in [9.17, 15) is 19.2 Å². The first-order valence-electron chi connectivity index (χ1n) is 17.3. The lowest BCUT2D eigenvalue weighted by Crippen LogP contribution is -2.51. The molecule has 0 radical (unpaired) electrons. The molecule has 10 rings (SSSR count). The zero-order chi connectivity index (χ0) is 30.8. The molecule has 3 aromatic carbocycles. The van der Waals surface area contributed by atoms with Gasteiger partial charge in [0.1, 0.15) is 0 Å². The Bertz CT molecular complexity index is 2020. The minimum Gasteiger partial charge on any atom is -0.371 e. The Morgan fingerprint density at radius 2 is 1.43 bits per heavy atom. The van der Waals surface area contributed by atoms with Gasteiger partial charge < -0.3 is 9.80 Å². The Kier molecular flexibility index (Phi) is 5.54. The maximum atomic E-state index is 14.6. The summed E-state index contributed by atoms with van der Waals surface area (Å²) in [5.41, 5.74) is 6.93. The molecule has 7 aliphatic rings. The van der Waals surface area contributed by atoms with Gasteiger partial charge in [0.2, 0.25) is 11.8 Å². The molecule has 8 heteroatoms. The standard InChI is InChI=1S/C38H36N4O4/c43-35-23-12-10-21-32-28(41-16-6-7-17-41)19-26-30-24(37(45)42(38(26)46)20-8-2-1-3-9-20)13-11-22(34(30)32)31-27(40-14-4-5-15-40)18-25(36(44)39-35)29(23)33(21)31/h10-13,18-20,23,26H,1-9,14-17H2,(H,39,43,44). The minimum atomic E-state index is -0.541. The molecule has 232 valence electrons. The molecule has 0 bridgehead atoms. The van der Waals surface area contributed by atoms with Crippen LogP contribution < -0.4 is 10.2 Å². The van der Waals surface area contributed by atoms with E-state index in [0.29, 0.717) is 11.1 Å². The number of carbonyl (C=O) groups is 4. The normalized spacial score (nSPS) is 25.3. The third kappa shape index (κ3) is 3.39. The summed E-state index contributed by atoms with van der Waals surface area (Å²) in [6.07, 6.45) is 15.5. The molecular formula is C38H36N4O4. The van der Waals surface area contributed by atoms with Crippen molar-refractivity contribution in [2.75, 3.05) is 31.1 Å². The van der Waals surface area contributed by atoms with E-state index in [2.05, 4.69) is 33.3 Å². The molecule has 2 atom stereocenters. The number of nitrogens with one attached hydrogen (secondary N) is 1. The number of imide groups is 2. The Hall–Kier alpha value is -4.46. The quantitative estimate of drug-likeness (QED) is 0.296. The second kappa shape index (κ2) is 9.53. The van der Waals surface area contributed by atoms with Crippen LogP contribution in [0.4, 0.5) is 5.69 Å². The molecule has 3 aliphatic carbocycles. The highest BCUT2D eigenvalue weighted by Crippen LogP contribution is 2.55. The van der Waals surface area contributed by atoms with Crippen LogP contribution in [0.3, 0.4) is 0 Å². The zero-order valence-electron chi connectivity index (χ0n) is 25.9. The van der Waals surface area contributed by atoms with Crippen LogP contribution in [0.25, 0.3) is 33.3 Å². The van der Waals surface area contributed by atoms with Gasteiger partial charge in [0, 0.05) is 65.7 Å². The number of likely N-dealkylation sites (tertiary alicyclic amines) is 1. The summed E-state index contributed by atoms with van der Waals surface area (Å²) in [7, 11) is 0. The molecule has 8 nitrogen and oxygen atoms in total. The third-order valence-corrected chi connectivity index (χ3v) is 11.9. The summed E-state index contributed by atoms with van der Waals surface area (Å²) in [6.45, 7) is 3.61. The van der Waals surface area contributed by atoms with E-state index in [0.717, 1.165) is 139 Å². The van der Waals surface area contributed by atoms with Crippen LogP contribution >= 0.6 is 0 Å². The van der Waals surface area contributed by atoms with Gasteiger partial charge in [-0.1, -0.05) is 37.5 Å². The fraction of sp³-hybridized carbons (Fsp3) is 0.421. The lowest BCUT2D eigenvalue weighted by molar-refractivity contribution is -0.132. The predicted molar refractivity (Wildman–Crippen MR) is 177 cm³/mol. The van der Waals surface area contributed by atoms with E-state index >= 15 is 0 Å². The van der Waals surface area contributed by atoms with Gasteiger partial charge in [0.05, 0.1) is 11.8 Å². The molecule has 3 aromatic rings. The predicted octanol–water partition coefficient (Wildman–Crippen LogP) is 5.82. The Labute approximate surface area is 267 Å². The summed E-state index contributed by atoms with van der Waals surface area (Å²) in [4.78, 5) is 62.0. The lowest BCUT2D eigenvalue weighted by Gasteiger charge is -2.42. The van der Waals surface area contributed by atoms with Gasteiger partial charge >= 0.3 is 0 Å². The van der Waals surface area contributed by atoms with Crippen molar-refractivity contribution in [2.24, 2.45) is 0 Å². The lowest BCUT2D eigenvalue weighted by atomic mass is 9.71. The molecule has 4 heterocycles. The smallest absolute Gasteiger partial charge is 0.261 e. The molecule has 2 saturated heterocycles. The van der Waals surface area contributed by atoms with E-state index < -0.39 is 11.8 Å². The number of anilines is 1. The largest absolute Gasteiger partial charge is 0.371 e. The number of fused-ring (bicyclic) bond motifs is 2. The van der Waals surface area contributed by atoms with Crippen LogP contribution in [-0.2, 0) is 9.59 Å². The minimum absolute atomic E-state index is 0.0442. The maximum Gasteiger partial charge on any atom is 0.261 e. The topological polar surface area (TPSA) is 90.0 Å². The van der Waals surface area contributed by atoms with Crippen LogP contribution in [0.5, 0.6) is 0 Å². The number of nitrogens with zero attached hydrogens (tertiary/aromatic N) is 3.